The lowest BCUT2D eigenvalue weighted by atomic mass is 10.3. The Hall–Kier alpha value is -1.36. The minimum atomic E-state index is -0.176. The Morgan fingerprint density at radius 1 is 1.71 bits per heavy atom. The van der Waals surface area contributed by atoms with Gasteiger partial charge < -0.3 is 15.0 Å². The summed E-state index contributed by atoms with van der Waals surface area (Å²) in [6.07, 6.45) is 5.56. The lowest BCUT2D eigenvalue weighted by molar-refractivity contribution is -0.122. The van der Waals surface area contributed by atoms with Gasteiger partial charge >= 0.3 is 0 Å². The molecule has 14 heavy (non-hydrogen) atoms. The van der Waals surface area contributed by atoms with Crippen LogP contribution >= 0.6 is 0 Å². The summed E-state index contributed by atoms with van der Waals surface area (Å²) >= 11 is 0. The molecule has 0 aromatic carbocycles. The molecule has 0 aliphatic heterocycles. The van der Waals surface area contributed by atoms with Crippen LogP contribution in [0.25, 0.3) is 0 Å². The molecule has 0 spiro atoms. The highest BCUT2D eigenvalue weighted by Crippen LogP contribution is 1.91. The lowest BCUT2D eigenvalue weighted by Crippen LogP contribution is -2.35. The summed E-state index contributed by atoms with van der Waals surface area (Å²) in [5.74, 6) is -0.0553. The summed E-state index contributed by atoms with van der Waals surface area (Å²) in [4.78, 5) is 15.1. The summed E-state index contributed by atoms with van der Waals surface area (Å²) in [5, 5.41) is 11.4. The van der Waals surface area contributed by atoms with Gasteiger partial charge in [-0.3, -0.25) is 4.79 Å². The Morgan fingerprint density at radius 2 is 2.50 bits per heavy atom. The van der Waals surface area contributed by atoms with Crippen LogP contribution < -0.4 is 5.32 Å². The van der Waals surface area contributed by atoms with Crippen molar-refractivity contribution in [3.05, 3.63) is 18.7 Å². The van der Waals surface area contributed by atoms with E-state index < -0.39 is 0 Å². The second kappa shape index (κ2) is 5.39. The van der Waals surface area contributed by atoms with E-state index in [0.717, 1.165) is 0 Å². The summed E-state index contributed by atoms with van der Waals surface area (Å²) in [7, 11) is 0. The van der Waals surface area contributed by atoms with Crippen LogP contribution in [-0.4, -0.2) is 33.2 Å². The third-order valence-corrected chi connectivity index (χ3v) is 1.84. The number of nitrogens with one attached hydrogen (secondary N) is 1. The molecule has 1 amide bonds. The van der Waals surface area contributed by atoms with Gasteiger partial charge in [0.1, 0.15) is 0 Å². The number of aromatic nitrogens is 2. The molecule has 5 heteroatoms. The Morgan fingerprint density at radius 3 is 3.07 bits per heavy atom. The number of hydrogen-bond acceptors (Lipinski definition) is 3. The SMILES string of the molecule is C[C@H](CO)NC(=O)CCn1ccnc1. The van der Waals surface area contributed by atoms with Gasteiger partial charge in [-0.1, -0.05) is 0 Å². The van der Waals surface area contributed by atoms with Crippen molar-refractivity contribution in [3.8, 4) is 0 Å². The van der Waals surface area contributed by atoms with E-state index in [4.69, 9.17) is 5.11 Å². The normalized spacial score (nSPS) is 12.4. The van der Waals surface area contributed by atoms with Crippen molar-refractivity contribution in [1.29, 1.82) is 0 Å². The summed E-state index contributed by atoms with van der Waals surface area (Å²) < 4.78 is 1.84. The third kappa shape index (κ3) is 3.57. The molecule has 1 heterocycles. The maximum atomic E-state index is 11.3. The van der Waals surface area contributed by atoms with Gasteiger partial charge in [0, 0.05) is 31.4 Å². The highest BCUT2D eigenvalue weighted by Gasteiger charge is 2.05. The summed E-state index contributed by atoms with van der Waals surface area (Å²) in [6.45, 7) is 2.34. The molecule has 0 aliphatic rings. The minimum absolute atomic E-state index is 0.0309. The van der Waals surface area contributed by atoms with Crippen molar-refractivity contribution in [2.45, 2.75) is 25.9 Å². The minimum Gasteiger partial charge on any atom is -0.394 e. The van der Waals surface area contributed by atoms with Gasteiger partial charge in [0.05, 0.1) is 12.9 Å². The Labute approximate surface area is 82.8 Å². The first-order valence-electron chi connectivity index (χ1n) is 4.58. The first-order valence-corrected chi connectivity index (χ1v) is 4.58. The molecule has 2 N–H and O–H groups in total. The van der Waals surface area contributed by atoms with Crippen LogP contribution in [0.2, 0.25) is 0 Å². The van der Waals surface area contributed by atoms with Crippen LogP contribution in [0.5, 0.6) is 0 Å². The topological polar surface area (TPSA) is 67.2 Å². The van der Waals surface area contributed by atoms with E-state index >= 15 is 0 Å². The number of aliphatic hydroxyl groups excluding tert-OH is 1. The molecule has 0 unspecified atom stereocenters. The molecule has 1 aromatic rings. The van der Waals surface area contributed by atoms with Crippen molar-refractivity contribution in [3.63, 3.8) is 0 Å². The number of nitrogens with zero attached hydrogens (tertiary/aromatic N) is 2. The maximum absolute atomic E-state index is 11.3. The predicted octanol–water partition coefficient (Wildman–Crippen LogP) is -0.230. The van der Waals surface area contributed by atoms with Crippen molar-refractivity contribution < 1.29 is 9.90 Å². The maximum Gasteiger partial charge on any atom is 0.222 e. The van der Waals surface area contributed by atoms with Crippen LogP contribution in [0, 0.1) is 0 Å². The largest absolute Gasteiger partial charge is 0.394 e. The van der Waals surface area contributed by atoms with Gasteiger partial charge in [0.15, 0.2) is 0 Å². The number of aryl methyl sites for hydroxylation is 1. The van der Waals surface area contributed by atoms with E-state index in [-0.39, 0.29) is 18.6 Å². The van der Waals surface area contributed by atoms with Gasteiger partial charge in [-0.15, -0.1) is 0 Å². The van der Waals surface area contributed by atoms with E-state index in [1.807, 2.05) is 10.8 Å². The lowest BCUT2D eigenvalue weighted by Gasteiger charge is -2.10. The van der Waals surface area contributed by atoms with E-state index in [2.05, 4.69) is 10.3 Å². The zero-order valence-electron chi connectivity index (χ0n) is 8.18. The fourth-order valence-corrected chi connectivity index (χ4v) is 1.04. The summed E-state index contributed by atoms with van der Waals surface area (Å²) in [6, 6.07) is -0.176. The first kappa shape index (κ1) is 10.7. The molecular formula is C9H15N3O2. The van der Waals surface area contributed by atoms with Crippen LogP contribution in [0.4, 0.5) is 0 Å². The van der Waals surface area contributed by atoms with E-state index in [1.165, 1.54) is 0 Å². The average molecular weight is 197 g/mol. The molecular weight excluding hydrogens is 182 g/mol. The molecule has 1 aromatic heterocycles. The standard InChI is InChI=1S/C9H15N3O2/c1-8(6-13)11-9(14)2-4-12-5-3-10-7-12/h3,5,7-8,13H,2,4,6H2,1H3,(H,11,14)/t8-/m1/s1. The molecule has 0 bridgehead atoms. The smallest absolute Gasteiger partial charge is 0.222 e. The van der Waals surface area contributed by atoms with E-state index in [0.29, 0.717) is 13.0 Å². The molecule has 78 valence electrons. The highest BCUT2D eigenvalue weighted by molar-refractivity contribution is 5.76. The van der Waals surface area contributed by atoms with Gasteiger partial charge in [0.2, 0.25) is 5.91 Å². The number of amides is 1. The number of carbonyl (C=O) groups excluding carboxylic acids is 1. The van der Waals surface area contributed by atoms with Gasteiger partial charge in [-0.25, -0.2) is 4.98 Å². The number of imidazole rings is 1. The first-order chi connectivity index (χ1) is 6.72. The van der Waals surface area contributed by atoms with Crippen molar-refractivity contribution >= 4 is 5.91 Å². The monoisotopic (exact) mass is 197 g/mol. The van der Waals surface area contributed by atoms with Crippen LogP contribution in [0.3, 0.4) is 0 Å². The van der Waals surface area contributed by atoms with Crippen molar-refractivity contribution in [2.75, 3.05) is 6.61 Å². The molecule has 0 aliphatic carbocycles. The van der Waals surface area contributed by atoms with Crippen molar-refractivity contribution in [1.82, 2.24) is 14.9 Å². The van der Waals surface area contributed by atoms with Crippen LogP contribution in [0.1, 0.15) is 13.3 Å². The molecule has 1 rings (SSSR count). The van der Waals surface area contributed by atoms with Crippen molar-refractivity contribution in [2.24, 2.45) is 0 Å². The third-order valence-electron chi connectivity index (χ3n) is 1.84. The second-order valence-corrected chi connectivity index (χ2v) is 3.20. The second-order valence-electron chi connectivity index (χ2n) is 3.20. The quantitative estimate of drug-likeness (QED) is 0.685. The molecule has 5 nitrogen and oxygen atoms in total. The summed E-state index contributed by atoms with van der Waals surface area (Å²) in [5.41, 5.74) is 0. The Balaban J connectivity index is 2.22. The predicted molar refractivity (Wildman–Crippen MR) is 51.5 cm³/mol. The highest BCUT2D eigenvalue weighted by atomic mass is 16.3. The van der Waals surface area contributed by atoms with E-state index in [1.54, 1.807) is 19.4 Å². The molecule has 0 saturated carbocycles. The number of hydrogen-bond donors (Lipinski definition) is 2. The Bertz CT molecular complexity index is 272. The average Bonchev–Trinajstić information content (AvgIpc) is 2.67. The van der Waals surface area contributed by atoms with Gasteiger partial charge in [-0.2, -0.15) is 0 Å². The van der Waals surface area contributed by atoms with Crippen LogP contribution in [-0.2, 0) is 11.3 Å². The fraction of sp³-hybridized carbons (Fsp3) is 0.556. The van der Waals surface area contributed by atoms with Gasteiger partial charge in [0.25, 0.3) is 0 Å². The van der Waals surface area contributed by atoms with E-state index in [9.17, 15) is 4.79 Å². The number of carbonyl (C=O) groups is 1. The van der Waals surface area contributed by atoms with Gasteiger partial charge in [-0.05, 0) is 6.92 Å². The molecule has 1 atom stereocenters. The Kier molecular flexibility index (Phi) is 4.12. The fourth-order valence-electron chi connectivity index (χ4n) is 1.04. The molecule has 0 fully saturated rings. The number of rotatable bonds is 5. The molecule has 0 radical (unpaired) electrons. The molecule has 0 saturated heterocycles. The van der Waals surface area contributed by atoms with Crippen LogP contribution in [0.15, 0.2) is 18.7 Å². The zero-order valence-corrected chi connectivity index (χ0v) is 8.18. The zero-order chi connectivity index (χ0) is 10.4. The number of aliphatic hydroxyl groups is 1.